The Kier molecular flexibility index (Phi) is 4.71. The van der Waals surface area contributed by atoms with E-state index in [0.717, 1.165) is 5.56 Å². The predicted octanol–water partition coefficient (Wildman–Crippen LogP) is 4.81. The van der Waals surface area contributed by atoms with Gasteiger partial charge in [0, 0.05) is 5.02 Å². The van der Waals surface area contributed by atoms with Gasteiger partial charge in [-0.2, -0.15) is 0 Å². The summed E-state index contributed by atoms with van der Waals surface area (Å²) < 4.78 is 16.6. The third-order valence-corrected chi connectivity index (χ3v) is 6.08. The lowest BCUT2D eigenvalue weighted by molar-refractivity contribution is 0.0701. The van der Waals surface area contributed by atoms with Gasteiger partial charge in [-0.05, 0) is 54.4 Å². The van der Waals surface area contributed by atoms with E-state index in [4.69, 9.17) is 25.2 Å². The lowest BCUT2D eigenvalue weighted by atomic mass is 9.97. The largest absolute Gasteiger partial charge is 0.504 e. The number of ether oxygens (including phenoxy) is 1. The van der Waals surface area contributed by atoms with Gasteiger partial charge in [0.05, 0.1) is 36.9 Å². The van der Waals surface area contributed by atoms with Crippen LogP contribution in [0.25, 0.3) is 11.0 Å². The van der Waals surface area contributed by atoms with Crippen LogP contribution in [0.5, 0.6) is 11.5 Å². The second-order valence-electron chi connectivity index (χ2n) is 7.62. The summed E-state index contributed by atoms with van der Waals surface area (Å²) in [5.41, 5.74) is 1.49. The normalized spacial score (nSPS) is 15.4. The highest BCUT2D eigenvalue weighted by Crippen LogP contribution is 2.41. The smallest absolute Gasteiger partial charge is 0.291 e. The maximum Gasteiger partial charge on any atom is 0.291 e. The Labute approximate surface area is 187 Å². The van der Waals surface area contributed by atoms with E-state index in [-0.39, 0.29) is 34.8 Å². The average molecular weight is 452 g/mol. The first kappa shape index (κ1) is 20.2. The summed E-state index contributed by atoms with van der Waals surface area (Å²) in [6.07, 6.45) is 1.52. The zero-order valence-corrected chi connectivity index (χ0v) is 18.0. The van der Waals surface area contributed by atoms with Gasteiger partial charge in [0.1, 0.15) is 11.3 Å². The molecule has 0 saturated carbocycles. The molecular weight excluding hydrogens is 434 g/mol. The third-order valence-electron chi connectivity index (χ3n) is 5.67. The van der Waals surface area contributed by atoms with Crippen LogP contribution >= 0.6 is 11.6 Å². The Balaban J connectivity index is 1.77. The Morgan fingerprint density at radius 2 is 2.00 bits per heavy atom. The summed E-state index contributed by atoms with van der Waals surface area (Å²) in [5, 5.41) is 10.8. The van der Waals surface area contributed by atoms with Gasteiger partial charge >= 0.3 is 0 Å². The van der Waals surface area contributed by atoms with Gasteiger partial charge in [0.2, 0.25) is 5.76 Å². The highest BCUT2D eigenvalue weighted by molar-refractivity contribution is 6.32. The first-order valence-corrected chi connectivity index (χ1v) is 10.2. The van der Waals surface area contributed by atoms with Crippen LogP contribution in [0.4, 0.5) is 0 Å². The highest BCUT2D eigenvalue weighted by Gasteiger charge is 2.43. The molecule has 32 heavy (non-hydrogen) atoms. The van der Waals surface area contributed by atoms with Gasteiger partial charge in [0.25, 0.3) is 5.91 Å². The number of nitrogens with zero attached hydrogens (tertiary/aromatic N) is 1. The maximum absolute atomic E-state index is 13.6. The molecule has 0 spiro atoms. The molecule has 0 aliphatic carbocycles. The molecule has 2 aromatic heterocycles. The minimum absolute atomic E-state index is 0.0205. The Morgan fingerprint density at radius 1 is 1.19 bits per heavy atom. The molecule has 7 nitrogen and oxygen atoms in total. The van der Waals surface area contributed by atoms with Crippen molar-refractivity contribution in [3.05, 3.63) is 92.2 Å². The zero-order valence-electron chi connectivity index (χ0n) is 17.2. The topological polar surface area (TPSA) is 93.1 Å². The molecule has 0 radical (unpaired) electrons. The van der Waals surface area contributed by atoms with Crippen LogP contribution < -0.4 is 10.2 Å². The fourth-order valence-corrected chi connectivity index (χ4v) is 4.25. The quantitative estimate of drug-likeness (QED) is 0.478. The second kappa shape index (κ2) is 7.46. The summed E-state index contributed by atoms with van der Waals surface area (Å²) in [5.74, 6) is 0.280. The molecule has 162 valence electrons. The molecule has 1 aliphatic heterocycles. The molecular formula is C24H18ClNO6. The molecule has 0 fully saturated rings. The molecule has 1 atom stereocenters. The minimum Gasteiger partial charge on any atom is -0.504 e. The number of methoxy groups -OCH3 is 1. The molecule has 0 saturated heterocycles. The van der Waals surface area contributed by atoms with Crippen molar-refractivity contribution in [1.82, 2.24) is 4.90 Å². The van der Waals surface area contributed by atoms with E-state index < -0.39 is 11.9 Å². The van der Waals surface area contributed by atoms with Gasteiger partial charge in [-0.3, -0.25) is 9.59 Å². The Bertz CT molecular complexity index is 1420. The highest BCUT2D eigenvalue weighted by atomic mass is 35.5. The number of phenols is 1. The first-order valence-electron chi connectivity index (χ1n) is 9.86. The van der Waals surface area contributed by atoms with Crippen molar-refractivity contribution in [3.63, 3.8) is 0 Å². The van der Waals surface area contributed by atoms with E-state index in [2.05, 4.69) is 0 Å². The molecule has 3 heterocycles. The van der Waals surface area contributed by atoms with Gasteiger partial charge in [-0.25, -0.2) is 0 Å². The summed E-state index contributed by atoms with van der Waals surface area (Å²) >= 11 is 6.26. The number of halogens is 1. The van der Waals surface area contributed by atoms with Gasteiger partial charge in [0.15, 0.2) is 16.9 Å². The van der Waals surface area contributed by atoms with Gasteiger partial charge in [-0.15, -0.1) is 0 Å². The summed E-state index contributed by atoms with van der Waals surface area (Å²) in [6.45, 7) is 1.92. The number of hydrogen-bond acceptors (Lipinski definition) is 6. The number of rotatable bonds is 4. The van der Waals surface area contributed by atoms with Crippen LogP contribution in [0, 0.1) is 6.92 Å². The molecule has 4 aromatic rings. The van der Waals surface area contributed by atoms with Crippen LogP contribution in [-0.2, 0) is 6.54 Å². The SMILES string of the molecule is COc1cc([C@@H]2c3c(oc4cc(C)c(Cl)cc4c3=O)C(=O)N2Cc2ccco2)ccc1O. The van der Waals surface area contributed by atoms with Crippen molar-refractivity contribution >= 4 is 28.5 Å². The number of amides is 1. The molecule has 1 N–H and O–H groups in total. The number of fused-ring (bicyclic) bond motifs is 2. The lowest BCUT2D eigenvalue weighted by Gasteiger charge is -2.24. The monoisotopic (exact) mass is 451 g/mol. The van der Waals surface area contributed by atoms with Gasteiger partial charge < -0.3 is 23.6 Å². The molecule has 1 aliphatic rings. The van der Waals surface area contributed by atoms with Crippen LogP contribution in [0.1, 0.15) is 39.0 Å². The van der Waals surface area contributed by atoms with Crippen molar-refractivity contribution < 1.29 is 23.5 Å². The molecule has 0 bridgehead atoms. The number of aromatic hydroxyl groups is 1. The van der Waals surface area contributed by atoms with Crippen LogP contribution in [0.3, 0.4) is 0 Å². The Morgan fingerprint density at radius 3 is 2.72 bits per heavy atom. The molecule has 0 unspecified atom stereocenters. The predicted molar refractivity (Wildman–Crippen MR) is 117 cm³/mol. The van der Waals surface area contributed by atoms with E-state index in [1.165, 1.54) is 24.3 Å². The van der Waals surface area contributed by atoms with Crippen molar-refractivity contribution in [3.8, 4) is 11.5 Å². The zero-order chi connectivity index (χ0) is 22.6. The van der Waals surface area contributed by atoms with E-state index in [1.807, 2.05) is 0 Å². The minimum atomic E-state index is -0.766. The number of carbonyl (C=O) groups excluding carboxylic acids is 1. The van der Waals surface area contributed by atoms with E-state index >= 15 is 0 Å². The summed E-state index contributed by atoms with van der Waals surface area (Å²) in [7, 11) is 1.43. The summed E-state index contributed by atoms with van der Waals surface area (Å²) in [6, 6.07) is 10.6. The second-order valence-corrected chi connectivity index (χ2v) is 8.02. The third kappa shape index (κ3) is 3.05. The lowest BCUT2D eigenvalue weighted by Crippen LogP contribution is -2.29. The van der Waals surface area contributed by atoms with E-state index in [1.54, 1.807) is 43.3 Å². The Hall–Kier alpha value is -3.71. The van der Waals surface area contributed by atoms with Crippen molar-refractivity contribution in [2.24, 2.45) is 0 Å². The van der Waals surface area contributed by atoms with E-state index in [9.17, 15) is 14.7 Å². The van der Waals surface area contributed by atoms with E-state index in [0.29, 0.717) is 27.3 Å². The summed E-state index contributed by atoms with van der Waals surface area (Å²) in [4.78, 5) is 28.5. The van der Waals surface area contributed by atoms with Crippen LogP contribution in [0.15, 0.2) is 62.4 Å². The number of phenolic OH excluding ortho intramolecular Hbond substituents is 1. The molecule has 5 rings (SSSR count). The number of furan rings is 1. The number of hydrogen-bond donors (Lipinski definition) is 1. The molecule has 1 amide bonds. The maximum atomic E-state index is 13.6. The van der Waals surface area contributed by atoms with Crippen molar-refractivity contribution in [2.45, 2.75) is 19.5 Å². The number of aryl methyl sites for hydroxylation is 1. The standard InChI is InChI=1S/C24H18ClNO6/c1-12-8-18-15(10-16(12)25)22(28)20-21(13-5-6-17(27)19(9-13)30-2)26(24(29)23(20)32-18)11-14-4-3-7-31-14/h3-10,21,27H,11H2,1-2H3/t21-/m1/s1. The van der Waals surface area contributed by atoms with Crippen molar-refractivity contribution in [1.29, 1.82) is 0 Å². The number of carbonyl (C=O) groups is 1. The van der Waals surface area contributed by atoms with Crippen LogP contribution in [0.2, 0.25) is 5.02 Å². The van der Waals surface area contributed by atoms with Crippen molar-refractivity contribution in [2.75, 3.05) is 7.11 Å². The van der Waals surface area contributed by atoms with Crippen LogP contribution in [-0.4, -0.2) is 23.0 Å². The fourth-order valence-electron chi connectivity index (χ4n) is 4.09. The first-order chi connectivity index (χ1) is 15.4. The number of benzene rings is 2. The van der Waals surface area contributed by atoms with Gasteiger partial charge in [-0.1, -0.05) is 17.7 Å². The molecule has 2 aromatic carbocycles. The fraction of sp³-hybridized carbons (Fsp3) is 0.167. The molecule has 8 heteroatoms. The average Bonchev–Trinajstić information content (AvgIpc) is 3.38.